The highest BCUT2D eigenvalue weighted by molar-refractivity contribution is 5.94. The minimum Gasteiger partial charge on any atom is -0.462 e. The molecule has 3 rings (SSSR count). The zero-order chi connectivity index (χ0) is 22.4. The van der Waals surface area contributed by atoms with Gasteiger partial charge in [-0.05, 0) is 63.3 Å². The standard InChI is InChI=1S/C24H28N4O3/c1-5-31-24(30)22-15-26-28(17(22)2)21-12-10-18(11-13-21)23(29)25-14-19-8-6-7-9-20(19)16-27(3)4/h6-13,15H,5,14,16H2,1-4H3,(H,25,29). The van der Waals surface area contributed by atoms with E-state index in [2.05, 4.69) is 21.4 Å². The van der Waals surface area contributed by atoms with E-state index in [1.165, 1.54) is 11.8 Å². The van der Waals surface area contributed by atoms with Crippen LogP contribution in [0.4, 0.5) is 0 Å². The van der Waals surface area contributed by atoms with Crippen LogP contribution in [-0.2, 0) is 17.8 Å². The normalized spacial score (nSPS) is 10.9. The summed E-state index contributed by atoms with van der Waals surface area (Å²) in [5, 5.41) is 7.28. The summed E-state index contributed by atoms with van der Waals surface area (Å²) in [5.74, 6) is -0.535. The van der Waals surface area contributed by atoms with Crippen molar-refractivity contribution in [3.63, 3.8) is 0 Å². The van der Waals surface area contributed by atoms with E-state index in [0.29, 0.717) is 30.0 Å². The number of carbonyl (C=O) groups excluding carboxylic acids is 2. The second kappa shape index (κ2) is 10.0. The number of rotatable bonds is 8. The van der Waals surface area contributed by atoms with E-state index in [4.69, 9.17) is 4.74 Å². The van der Waals surface area contributed by atoms with Crippen LogP contribution in [-0.4, -0.2) is 47.3 Å². The van der Waals surface area contributed by atoms with Gasteiger partial charge in [-0.25, -0.2) is 9.48 Å². The molecule has 2 aromatic carbocycles. The second-order valence-corrected chi connectivity index (χ2v) is 7.51. The average molecular weight is 421 g/mol. The minimum absolute atomic E-state index is 0.143. The minimum atomic E-state index is -0.392. The lowest BCUT2D eigenvalue weighted by Crippen LogP contribution is -2.24. The van der Waals surface area contributed by atoms with Gasteiger partial charge in [0.25, 0.3) is 5.91 Å². The molecule has 0 saturated heterocycles. The van der Waals surface area contributed by atoms with Crippen LogP contribution in [0.25, 0.3) is 5.69 Å². The van der Waals surface area contributed by atoms with Gasteiger partial charge in [-0.3, -0.25) is 4.79 Å². The first-order valence-electron chi connectivity index (χ1n) is 10.2. The Morgan fingerprint density at radius 2 is 1.74 bits per heavy atom. The maximum atomic E-state index is 12.6. The quantitative estimate of drug-likeness (QED) is 0.566. The number of carbonyl (C=O) groups is 2. The van der Waals surface area contributed by atoms with Crippen molar-refractivity contribution < 1.29 is 14.3 Å². The molecule has 0 aliphatic rings. The van der Waals surface area contributed by atoms with Gasteiger partial charge in [0.15, 0.2) is 0 Å². The largest absolute Gasteiger partial charge is 0.462 e. The maximum Gasteiger partial charge on any atom is 0.341 e. The first-order valence-corrected chi connectivity index (χ1v) is 10.2. The SMILES string of the molecule is CCOC(=O)c1cnn(-c2ccc(C(=O)NCc3ccccc3CN(C)C)cc2)c1C. The highest BCUT2D eigenvalue weighted by Gasteiger charge is 2.16. The number of hydrogen-bond donors (Lipinski definition) is 1. The van der Waals surface area contributed by atoms with Gasteiger partial charge >= 0.3 is 5.97 Å². The predicted molar refractivity (Wildman–Crippen MR) is 119 cm³/mol. The Labute approximate surface area is 182 Å². The van der Waals surface area contributed by atoms with Crippen molar-refractivity contribution in [3.05, 3.63) is 82.7 Å². The summed E-state index contributed by atoms with van der Waals surface area (Å²) < 4.78 is 6.71. The number of esters is 1. The van der Waals surface area contributed by atoms with E-state index in [1.54, 1.807) is 23.7 Å². The molecule has 1 amide bonds. The Hall–Kier alpha value is -3.45. The predicted octanol–water partition coefficient (Wildman–Crippen LogP) is 3.35. The van der Waals surface area contributed by atoms with E-state index in [0.717, 1.165) is 17.8 Å². The summed E-state index contributed by atoms with van der Waals surface area (Å²) >= 11 is 0. The van der Waals surface area contributed by atoms with Crippen LogP contribution < -0.4 is 5.32 Å². The fourth-order valence-electron chi connectivity index (χ4n) is 3.34. The first kappa shape index (κ1) is 22.2. The van der Waals surface area contributed by atoms with Gasteiger partial charge in [0, 0.05) is 18.7 Å². The fourth-order valence-corrected chi connectivity index (χ4v) is 3.34. The van der Waals surface area contributed by atoms with E-state index in [9.17, 15) is 9.59 Å². The van der Waals surface area contributed by atoms with Gasteiger partial charge in [-0.15, -0.1) is 0 Å². The van der Waals surface area contributed by atoms with Crippen LogP contribution in [0.1, 0.15) is 44.5 Å². The van der Waals surface area contributed by atoms with Crippen molar-refractivity contribution >= 4 is 11.9 Å². The third kappa shape index (κ3) is 5.38. The molecule has 31 heavy (non-hydrogen) atoms. The lowest BCUT2D eigenvalue weighted by molar-refractivity contribution is 0.0525. The summed E-state index contributed by atoms with van der Waals surface area (Å²) in [6.07, 6.45) is 1.50. The van der Waals surface area contributed by atoms with Crippen LogP contribution in [0.3, 0.4) is 0 Å². The number of nitrogens with zero attached hydrogens (tertiary/aromatic N) is 3. The zero-order valence-corrected chi connectivity index (χ0v) is 18.4. The van der Waals surface area contributed by atoms with Gasteiger partial charge in [-0.1, -0.05) is 24.3 Å². The molecular formula is C24H28N4O3. The number of amides is 1. The van der Waals surface area contributed by atoms with E-state index in [1.807, 2.05) is 51.4 Å². The highest BCUT2D eigenvalue weighted by Crippen LogP contribution is 2.16. The molecule has 1 N–H and O–H groups in total. The molecule has 7 nitrogen and oxygen atoms in total. The van der Waals surface area contributed by atoms with Crippen molar-refractivity contribution in [2.75, 3.05) is 20.7 Å². The Morgan fingerprint density at radius 3 is 2.39 bits per heavy atom. The summed E-state index contributed by atoms with van der Waals surface area (Å²) in [4.78, 5) is 26.7. The molecule has 162 valence electrons. The van der Waals surface area contributed by atoms with Crippen molar-refractivity contribution in [1.29, 1.82) is 0 Å². The Balaban J connectivity index is 1.68. The molecule has 1 aromatic heterocycles. The first-order chi connectivity index (χ1) is 14.9. The third-order valence-electron chi connectivity index (χ3n) is 4.92. The lowest BCUT2D eigenvalue weighted by atomic mass is 10.1. The van der Waals surface area contributed by atoms with Gasteiger partial charge in [0.05, 0.1) is 24.2 Å². The average Bonchev–Trinajstić information content (AvgIpc) is 3.14. The highest BCUT2D eigenvalue weighted by atomic mass is 16.5. The molecule has 0 saturated carbocycles. The molecule has 7 heteroatoms. The van der Waals surface area contributed by atoms with Crippen LogP contribution in [0.2, 0.25) is 0 Å². The number of benzene rings is 2. The van der Waals surface area contributed by atoms with Crippen LogP contribution in [0.15, 0.2) is 54.7 Å². The number of nitrogens with one attached hydrogen (secondary N) is 1. The van der Waals surface area contributed by atoms with Gasteiger partial charge in [0.1, 0.15) is 5.56 Å². The second-order valence-electron chi connectivity index (χ2n) is 7.51. The number of ether oxygens (including phenoxy) is 1. The molecule has 0 aliphatic carbocycles. The number of aromatic nitrogens is 2. The topological polar surface area (TPSA) is 76.5 Å². The molecule has 0 unspecified atom stereocenters. The monoisotopic (exact) mass is 420 g/mol. The Morgan fingerprint density at radius 1 is 1.06 bits per heavy atom. The zero-order valence-electron chi connectivity index (χ0n) is 18.4. The maximum absolute atomic E-state index is 12.6. The van der Waals surface area contributed by atoms with Crippen molar-refractivity contribution in [2.45, 2.75) is 26.9 Å². The number of hydrogen-bond acceptors (Lipinski definition) is 5. The van der Waals surface area contributed by atoms with Gasteiger partial charge in [0.2, 0.25) is 0 Å². The Bertz CT molecular complexity index is 1050. The smallest absolute Gasteiger partial charge is 0.341 e. The van der Waals surface area contributed by atoms with E-state index in [-0.39, 0.29) is 5.91 Å². The van der Waals surface area contributed by atoms with Crippen molar-refractivity contribution in [3.8, 4) is 5.69 Å². The van der Waals surface area contributed by atoms with E-state index >= 15 is 0 Å². The molecule has 0 bridgehead atoms. The molecule has 0 atom stereocenters. The fraction of sp³-hybridized carbons (Fsp3) is 0.292. The van der Waals surface area contributed by atoms with E-state index < -0.39 is 5.97 Å². The summed E-state index contributed by atoms with van der Waals surface area (Å²) in [7, 11) is 4.04. The van der Waals surface area contributed by atoms with Crippen LogP contribution >= 0.6 is 0 Å². The molecular weight excluding hydrogens is 392 g/mol. The van der Waals surface area contributed by atoms with Crippen molar-refractivity contribution in [2.24, 2.45) is 0 Å². The summed E-state index contributed by atoms with van der Waals surface area (Å²) in [5.41, 5.74) is 4.73. The molecule has 1 heterocycles. The summed E-state index contributed by atoms with van der Waals surface area (Å²) in [6, 6.07) is 15.2. The lowest BCUT2D eigenvalue weighted by Gasteiger charge is -2.14. The van der Waals surface area contributed by atoms with Gasteiger partial charge in [-0.2, -0.15) is 5.10 Å². The molecule has 0 aliphatic heterocycles. The van der Waals surface area contributed by atoms with Gasteiger partial charge < -0.3 is 15.0 Å². The molecule has 0 spiro atoms. The molecule has 0 radical (unpaired) electrons. The third-order valence-corrected chi connectivity index (χ3v) is 4.92. The molecule has 3 aromatic rings. The van der Waals surface area contributed by atoms with Crippen LogP contribution in [0, 0.1) is 6.92 Å². The Kier molecular flexibility index (Phi) is 7.20. The van der Waals surface area contributed by atoms with Crippen molar-refractivity contribution in [1.82, 2.24) is 20.0 Å². The summed E-state index contributed by atoms with van der Waals surface area (Å²) in [6.45, 7) is 5.17. The van der Waals surface area contributed by atoms with Crippen LogP contribution in [0.5, 0.6) is 0 Å². The molecule has 0 fully saturated rings.